The van der Waals surface area contributed by atoms with Crippen molar-refractivity contribution in [2.24, 2.45) is 7.05 Å². The number of hydrogen-bond acceptors (Lipinski definition) is 8. The van der Waals surface area contributed by atoms with Crippen LogP contribution < -0.4 is 4.74 Å². The minimum Gasteiger partial charge on any atom is -0.356 e. The minimum absolute atomic E-state index is 0. The van der Waals surface area contributed by atoms with E-state index >= 15 is 0 Å². The predicted molar refractivity (Wildman–Crippen MR) is 56.0 cm³/mol. The first-order valence-corrected chi connectivity index (χ1v) is 3.79. The quantitative estimate of drug-likeness (QED) is 0.350. The summed E-state index contributed by atoms with van der Waals surface area (Å²) in [6, 6.07) is 1.55. The summed E-state index contributed by atoms with van der Waals surface area (Å²) >= 11 is 1.20. The molecule has 1 heterocycles. The fourth-order valence-electron chi connectivity index (χ4n) is 0.369. The summed E-state index contributed by atoms with van der Waals surface area (Å²) in [6.45, 7) is 0. The smallest absolute Gasteiger partial charge is 0.356 e. The molecule has 1 aromatic rings. The molecule has 0 aromatic carbocycles. The summed E-state index contributed by atoms with van der Waals surface area (Å²) in [7, 11) is 1.84. The summed E-state index contributed by atoms with van der Waals surface area (Å²) in [6.07, 6.45) is 1.74. The van der Waals surface area contributed by atoms with Gasteiger partial charge in [0.2, 0.25) is 4.74 Å². The van der Waals surface area contributed by atoms with Gasteiger partial charge in [-0.1, -0.05) is 0 Å². The Labute approximate surface area is 108 Å². The maximum atomic E-state index is 10.3. The van der Waals surface area contributed by atoms with Gasteiger partial charge in [0.25, 0.3) is 0 Å². The molecule has 1 aromatic heterocycles. The van der Waals surface area contributed by atoms with E-state index in [1.54, 1.807) is 16.2 Å². The molecule has 0 radical (unpaired) electrons. The zero-order valence-electron chi connectivity index (χ0n) is 7.97. The molecule has 0 fully saturated rings. The Morgan fingerprint density at radius 1 is 1.19 bits per heavy atom. The normalized spacial score (nSPS) is 7.06. The molecule has 0 spiro atoms. The Balaban J connectivity index is -0.000000166. The molecule has 1 rings (SSSR count). The van der Waals surface area contributed by atoms with E-state index in [9.17, 15) is 4.79 Å². The van der Waals surface area contributed by atoms with Crippen LogP contribution in [0.25, 0.3) is 0 Å². The van der Waals surface area contributed by atoms with E-state index in [2.05, 4.69) is 0 Å². The number of rotatable bonds is 0. The molecule has 0 saturated heterocycles. The van der Waals surface area contributed by atoms with Crippen molar-refractivity contribution in [1.82, 2.24) is 3.96 Å². The average Bonchev–Trinajstić information content (AvgIpc) is 2.31. The summed E-state index contributed by atoms with van der Waals surface area (Å²) in [5, 5.41) is 29.5. The van der Waals surface area contributed by atoms with Crippen molar-refractivity contribution in [2.45, 2.75) is 0 Å². The second-order valence-corrected chi connectivity index (χ2v) is 2.88. The van der Waals surface area contributed by atoms with Gasteiger partial charge in [-0.3, -0.25) is 4.79 Å². The zero-order chi connectivity index (χ0) is 12.4. The van der Waals surface area contributed by atoms with Crippen LogP contribution in [0.3, 0.4) is 0 Å². The van der Waals surface area contributed by atoms with Crippen LogP contribution in [0.2, 0.25) is 0 Å². The molecule has 86 valence electrons. The molecule has 0 N–H and O–H groups in total. The van der Waals surface area contributed by atoms with Gasteiger partial charge in [-0.15, -0.1) is 0 Å². The van der Waals surface area contributed by atoms with Crippen molar-refractivity contribution >= 4 is 34.6 Å². The second kappa shape index (κ2) is 11.7. The first-order chi connectivity index (χ1) is 6.75. The molecular formula is C4H5MgN3O7S. The second-order valence-electron chi connectivity index (χ2n) is 1.72. The predicted octanol–water partition coefficient (Wildman–Crippen LogP) is -0.412. The molecular weight excluding hydrogens is 258 g/mol. The van der Waals surface area contributed by atoms with Crippen LogP contribution in [-0.2, 0) is 7.05 Å². The van der Waals surface area contributed by atoms with E-state index in [1.165, 1.54) is 11.5 Å². The number of nitrogens with zero attached hydrogens (tertiary/aromatic N) is 3. The largest absolute Gasteiger partial charge is 2.00 e. The molecule has 0 atom stereocenters. The molecule has 0 saturated carbocycles. The third-order valence-electron chi connectivity index (χ3n) is 0.655. The maximum Gasteiger partial charge on any atom is 2.00 e. The van der Waals surface area contributed by atoms with Crippen LogP contribution in [0.15, 0.2) is 17.1 Å². The number of aromatic nitrogens is 1. The average molecular weight is 263 g/mol. The molecule has 12 heteroatoms. The van der Waals surface area contributed by atoms with Gasteiger partial charge in [0.05, 0.1) is 10.2 Å². The van der Waals surface area contributed by atoms with Crippen molar-refractivity contribution in [3.8, 4) is 0 Å². The molecule has 0 aliphatic rings. The molecule has 0 amide bonds. The van der Waals surface area contributed by atoms with Crippen LogP contribution in [0.5, 0.6) is 0 Å². The van der Waals surface area contributed by atoms with Gasteiger partial charge in [-0.2, -0.15) is 0 Å². The molecule has 0 aliphatic heterocycles. The van der Waals surface area contributed by atoms with Gasteiger partial charge in [-0.05, 0) is 11.5 Å². The van der Waals surface area contributed by atoms with E-state index in [0.717, 1.165) is 0 Å². The topological polar surface area (TPSA) is 154 Å². The molecule has 0 aliphatic carbocycles. The Morgan fingerprint density at radius 2 is 1.50 bits per heavy atom. The maximum absolute atomic E-state index is 10.3. The van der Waals surface area contributed by atoms with Gasteiger partial charge in [0.15, 0.2) is 0 Å². The first-order valence-electron chi connectivity index (χ1n) is 3.01. The standard InChI is InChI=1S/C4H5NOS.Mg.2NO3/c1-5-3-2-4(6)7-5;;2*2-1(3)4/h2-3H,1H3;;;/q;+2;2*-1. The Hall–Kier alpha value is -1.40. The molecule has 16 heavy (non-hydrogen) atoms. The van der Waals surface area contributed by atoms with Crippen LogP contribution >= 0.6 is 11.5 Å². The van der Waals surface area contributed by atoms with Gasteiger partial charge in [0, 0.05) is 19.3 Å². The monoisotopic (exact) mass is 263 g/mol. The number of hydrogen-bond donors (Lipinski definition) is 0. The van der Waals surface area contributed by atoms with Crippen molar-refractivity contribution in [3.63, 3.8) is 0 Å². The SMILES string of the molecule is Cn1ccc(=O)s1.O=[N+]([O-])[O-].O=[N+]([O-])[O-].[Mg+2]. The summed E-state index contributed by atoms with van der Waals surface area (Å²) in [5.74, 6) is 0. The third kappa shape index (κ3) is 29.4. The van der Waals surface area contributed by atoms with Crippen LogP contribution in [-0.4, -0.2) is 37.2 Å². The first kappa shape index (κ1) is 20.1. The van der Waals surface area contributed by atoms with E-state index in [1.807, 2.05) is 7.05 Å². The van der Waals surface area contributed by atoms with E-state index < -0.39 is 10.2 Å². The van der Waals surface area contributed by atoms with E-state index in [0.29, 0.717) is 0 Å². The number of aryl methyl sites for hydroxylation is 1. The van der Waals surface area contributed by atoms with Gasteiger partial charge < -0.3 is 34.6 Å². The Morgan fingerprint density at radius 3 is 1.56 bits per heavy atom. The Bertz CT molecular complexity index is 343. The van der Waals surface area contributed by atoms with Gasteiger partial charge in [-0.25, -0.2) is 0 Å². The van der Waals surface area contributed by atoms with Crippen molar-refractivity contribution < 1.29 is 10.2 Å². The van der Waals surface area contributed by atoms with Crippen molar-refractivity contribution in [3.05, 3.63) is 52.4 Å². The molecule has 0 unspecified atom stereocenters. The third-order valence-corrected chi connectivity index (χ3v) is 1.38. The van der Waals surface area contributed by atoms with Gasteiger partial charge in [0.1, 0.15) is 0 Å². The van der Waals surface area contributed by atoms with Gasteiger partial charge >= 0.3 is 23.1 Å². The van der Waals surface area contributed by atoms with Crippen LogP contribution in [0.4, 0.5) is 0 Å². The summed E-state index contributed by atoms with van der Waals surface area (Å²) in [4.78, 5) is 26.8. The summed E-state index contributed by atoms with van der Waals surface area (Å²) < 4.78 is 1.88. The van der Waals surface area contributed by atoms with Crippen LogP contribution in [0, 0.1) is 30.6 Å². The molecule has 0 bridgehead atoms. The Kier molecular flexibility index (Phi) is 14.6. The zero-order valence-corrected chi connectivity index (χ0v) is 10.2. The molecule has 10 nitrogen and oxygen atoms in total. The summed E-state index contributed by atoms with van der Waals surface area (Å²) in [5.41, 5.74) is 0. The minimum atomic E-state index is -1.75. The van der Waals surface area contributed by atoms with Crippen LogP contribution in [0.1, 0.15) is 0 Å². The van der Waals surface area contributed by atoms with Crippen molar-refractivity contribution in [2.75, 3.05) is 0 Å². The fourth-order valence-corrected chi connectivity index (χ4v) is 0.896. The van der Waals surface area contributed by atoms with E-state index in [-0.39, 0.29) is 27.8 Å². The van der Waals surface area contributed by atoms with E-state index in [4.69, 9.17) is 30.6 Å². The van der Waals surface area contributed by atoms with Crippen molar-refractivity contribution in [1.29, 1.82) is 0 Å². The fraction of sp³-hybridized carbons (Fsp3) is 0.250.